The molecule has 4 rings (SSSR count). The number of rotatable bonds is 11. The molecule has 3 aromatic carbocycles. The molecule has 0 aromatic heterocycles. The van der Waals surface area contributed by atoms with E-state index < -0.39 is 28.5 Å². The zero-order chi connectivity index (χ0) is 29.4. The predicted octanol–water partition coefficient (Wildman–Crippen LogP) is 6.10. The SMILES string of the molecule is CC[C@@H](C(=O)NC1CCCCC1)N(Cc1ccccc1)C(=O)CN(c1cccc(Cl)c1)S(=O)(=O)c1ccc(C)cc1. The molecule has 1 N–H and O–H groups in total. The molecule has 41 heavy (non-hydrogen) atoms. The van der Waals surface area contributed by atoms with Gasteiger partial charge in [0.1, 0.15) is 12.6 Å². The minimum atomic E-state index is -4.14. The Morgan fingerprint density at radius 3 is 2.27 bits per heavy atom. The number of anilines is 1. The molecule has 0 bridgehead atoms. The molecule has 0 saturated heterocycles. The standard InChI is InChI=1S/C32H38ClN3O4S/c1-3-30(32(38)34-27-14-8-5-9-15-27)35(22-25-11-6-4-7-12-25)31(37)23-36(28-16-10-13-26(33)21-28)41(39,40)29-19-17-24(2)18-20-29/h4,6-7,10-13,16-21,27,30H,3,5,8-9,14-15,22-23H2,1-2H3,(H,34,38)/t30-/m0/s1. The summed E-state index contributed by atoms with van der Waals surface area (Å²) in [7, 11) is -4.14. The zero-order valence-corrected chi connectivity index (χ0v) is 25.2. The summed E-state index contributed by atoms with van der Waals surface area (Å²) in [5.41, 5.74) is 2.03. The first-order valence-corrected chi connectivity index (χ1v) is 16.0. The smallest absolute Gasteiger partial charge is 0.264 e. The Bertz CT molecular complexity index is 1420. The average Bonchev–Trinajstić information content (AvgIpc) is 2.97. The Hall–Kier alpha value is -3.36. The summed E-state index contributed by atoms with van der Waals surface area (Å²) >= 11 is 6.25. The van der Waals surface area contributed by atoms with Gasteiger partial charge in [0, 0.05) is 17.6 Å². The number of hydrogen-bond acceptors (Lipinski definition) is 4. The van der Waals surface area contributed by atoms with E-state index >= 15 is 0 Å². The second-order valence-electron chi connectivity index (χ2n) is 10.6. The van der Waals surface area contributed by atoms with Crippen LogP contribution in [-0.4, -0.2) is 43.8 Å². The Labute approximate surface area is 248 Å². The lowest BCUT2D eigenvalue weighted by Gasteiger charge is -2.34. The van der Waals surface area contributed by atoms with Crippen LogP contribution in [-0.2, 0) is 26.2 Å². The maximum absolute atomic E-state index is 14.2. The molecule has 0 aliphatic heterocycles. The van der Waals surface area contributed by atoms with E-state index in [9.17, 15) is 18.0 Å². The molecule has 0 heterocycles. The predicted molar refractivity (Wildman–Crippen MR) is 163 cm³/mol. The van der Waals surface area contributed by atoms with Crippen LogP contribution in [0.15, 0.2) is 83.8 Å². The summed E-state index contributed by atoms with van der Waals surface area (Å²) < 4.78 is 29.0. The second kappa shape index (κ2) is 14.0. The number of nitrogens with zero attached hydrogens (tertiary/aromatic N) is 2. The number of hydrogen-bond donors (Lipinski definition) is 1. The lowest BCUT2D eigenvalue weighted by atomic mass is 9.95. The van der Waals surface area contributed by atoms with E-state index in [2.05, 4.69) is 5.32 Å². The highest BCUT2D eigenvalue weighted by atomic mass is 35.5. The third-order valence-corrected chi connectivity index (χ3v) is 9.54. The van der Waals surface area contributed by atoms with Crippen molar-refractivity contribution in [2.24, 2.45) is 0 Å². The van der Waals surface area contributed by atoms with Crippen LogP contribution in [0.1, 0.15) is 56.6 Å². The normalized spacial score (nSPS) is 14.7. The van der Waals surface area contributed by atoms with Crippen LogP contribution in [0, 0.1) is 6.92 Å². The molecule has 2 amide bonds. The molecule has 1 saturated carbocycles. The van der Waals surface area contributed by atoms with Crippen molar-refractivity contribution in [1.29, 1.82) is 0 Å². The molecule has 1 atom stereocenters. The Morgan fingerprint density at radius 2 is 1.63 bits per heavy atom. The summed E-state index contributed by atoms with van der Waals surface area (Å²) in [6, 6.07) is 21.7. The number of halogens is 1. The number of benzene rings is 3. The first-order valence-electron chi connectivity index (χ1n) is 14.2. The van der Waals surface area contributed by atoms with Crippen LogP contribution in [0.4, 0.5) is 5.69 Å². The fourth-order valence-electron chi connectivity index (χ4n) is 5.24. The highest BCUT2D eigenvalue weighted by Crippen LogP contribution is 2.27. The summed E-state index contributed by atoms with van der Waals surface area (Å²) in [6.07, 6.45) is 5.54. The first-order chi connectivity index (χ1) is 19.7. The van der Waals surface area contributed by atoms with Crippen molar-refractivity contribution in [2.75, 3.05) is 10.8 Å². The first kappa shape index (κ1) is 30.6. The molecule has 3 aromatic rings. The summed E-state index contributed by atoms with van der Waals surface area (Å²) in [6.45, 7) is 3.42. The number of carbonyl (C=O) groups is 2. The maximum Gasteiger partial charge on any atom is 0.264 e. The fourth-order valence-corrected chi connectivity index (χ4v) is 6.83. The number of nitrogens with one attached hydrogen (secondary N) is 1. The molecule has 1 aliphatic carbocycles. The summed E-state index contributed by atoms with van der Waals surface area (Å²) in [5, 5.41) is 3.51. The van der Waals surface area contributed by atoms with E-state index in [-0.39, 0.29) is 29.1 Å². The van der Waals surface area contributed by atoms with Crippen LogP contribution < -0.4 is 9.62 Å². The van der Waals surface area contributed by atoms with Gasteiger partial charge < -0.3 is 10.2 Å². The minimum absolute atomic E-state index is 0.0626. The topological polar surface area (TPSA) is 86.8 Å². The number of aryl methyl sites for hydroxylation is 1. The number of amides is 2. The van der Waals surface area contributed by atoms with Gasteiger partial charge in [0.2, 0.25) is 11.8 Å². The van der Waals surface area contributed by atoms with Gasteiger partial charge in [0.05, 0.1) is 10.6 Å². The second-order valence-corrected chi connectivity index (χ2v) is 12.9. The van der Waals surface area contributed by atoms with E-state index in [4.69, 9.17) is 11.6 Å². The average molecular weight is 596 g/mol. The highest BCUT2D eigenvalue weighted by molar-refractivity contribution is 7.92. The van der Waals surface area contributed by atoms with Crippen molar-refractivity contribution in [3.63, 3.8) is 0 Å². The molecule has 218 valence electrons. The zero-order valence-electron chi connectivity index (χ0n) is 23.6. The van der Waals surface area contributed by atoms with Gasteiger partial charge in [-0.2, -0.15) is 0 Å². The lowest BCUT2D eigenvalue weighted by molar-refractivity contribution is -0.140. The van der Waals surface area contributed by atoms with Gasteiger partial charge in [0.25, 0.3) is 10.0 Å². The van der Waals surface area contributed by atoms with E-state index in [1.165, 1.54) is 23.1 Å². The number of carbonyl (C=O) groups excluding carboxylic acids is 2. The third kappa shape index (κ3) is 7.89. The summed E-state index contributed by atoms with van der Waals surface area (Å²) in [4.78, 5) is 29.3. The Kier molecular flexibility index (Phi) is 10.5. The van der Waals surface area contributed by atoms with Crippen molar-refractivity contribution in [2.45, 2.75) is 75.9 Å². The minimum Gasteiger partial charge on any atom is -0.352 e. The Morgan fingerprint density at radius 1 is 0.951 bits per heavy atom. The van der Waals surface area contributed by atoms with Gasteiger partial charge in [-0.3, -0.25) is 13.9 Å². The molecular weight excluding hydrogens is 558 g/mol. The molecule has 0 unspecified atom stereocenters. The highest BCUT2D eigenvalue weighted by Gasteiger charge is 2.34. The van der Waals surface area contributed by atoms with Crippen LogP contribution in [0.5, 0.6) is 0 Å². The maximum atomic E-state index is 14.2. The molecule has 9 heteroatoms. The lowest BCUT2D eigenvalue weighted by Crippen LogP contribution is -2.54. The fraction of sp³-hybridized carbons (Fsp3) is 0.375. The number of sulfonamides is 1. The van der Waals surface area contributed by atoms with Gasteiger partial charge in [0.15, 0.2) is 0 Å². The van der Waals surface area contributed by atoms with Crippen LogP contribution >= 0.6 is 11.6 Å². The quantitative estimate of drug-likeness (QED) is 0.290. The van der Waals surface area contributed by atoms with E-state index in [1.54, 1.807) is 30.3 Å². The monoisotopic (exact) mass is 595 g/mol. The third-order valence-electron chi connectivity index (χ3n) is 7.52. The van der Waals surface area contributed by atoms with Gasteiger partial charge in [-0.15, -0.1) is 0 Å². The largest absolute Gasteiger partial charge is 0.352 e. The van der Waals surface area contributed by atoms with Crippen LogP contribution in [0.25, 0.3) is 0 Å². The van der Waals surface area contributed by atoms with E-state index in [0.29, 0.717) is 11.4 Å². The molecule has 0 spiro atoms. The van der Waals surface area contributed by atoms with Crippen LogP contribution in [0.2, 0.25) is 5.02 Å². The molecule has 0 radical (unpaired) electrons. The van der Waals surface area contributed by atoms with Crippen molar-refractivity contribution in [1.82, 2.24) is 10.2 Å². The summed E-state index contributed by atoms with van der Waals surface area (Å²) in [5.74, 6) is -0.686. The van der Waals surface area contributed by atoms with Crippen molar-refractivity contribution in [3.05, 3.63) is 95.0 Å². The van der Waals surface area contributed by atoms with Crippen LogP contribution in [0.3, 0.4) is 0 Å². The van der Waals surface area contributed by atoms with Crippen molar-refractivity contribution < 1.29 is 18.0 Å². The molecule has 1 fully saturated rings. The molecule has 7 nitrogen and oxygen atoms in total. The Balaban J connectivity index is 1.69. The van der Waals surface area contributed by atoms with E-state index in [0.717, 1.165) is 47.5 Å². The van der Waals surface area contributed by atoms with Crippen molar-refractivity contribution in [3.8, 4) is 0 Å². The van der Waals surface area contributed by atoms with Gasteiger partial charge in [-0.05, 0) is 62.1 Å². The van der Waals surface area contributed by atoms with Crippen molar-refractivity contribution >= 4 is 39.1 Å². The van der Waals surface area contributed by atoms with Gasteiger partial charge >= 0.3 is 0 Å². The molecule has 1 aliphatic rings. The van der Waals surface area contributed by atoms with E-state index in [1.807, 2.05) is 44.2 Å². The van der Waals surface area contributed by atoms with Gasteiger partial charge in [-0.25, -0.2) is 8.42 Å². The molecular formula is C32H38ClN3O4S. The van der Waals surface area contributed by atoms with Gasteiger partial charge in [-0.1, -0.05) is 91.9 Å².